The Labute approximate surface area is 115 Å². The lowest BCUT2D eigenvalue weighted by molar-refractivity contribution is -0.133. The Kier molecular flexibility index (Phi) is 5.05. The van der Waals surface area contributed by atoms with Crippen LogP contribution < -0.4 is 16.2 Å². The van der Waals surface area contributed by atoms with E-state index in [4.69, 9.17) is 0 Å². The van der Waals surface area contributed by atoms with Gasteiger partial charge in [-0.25, -0.2) is 0 Å². The molecule has 1 aromatic rings. The molecule has 0 aliphatic heterocycles. The Morgan fingerprint density at radius 3 is 2.42 bits per heavy atom. The van der Waals surface area contributed by atoms with Gasteiger partial charge in [0.2, 0.25) is 5.91 Å². The number of carbonyl (C=O) groups is 3. The third-order valence-corrected chi connectivity index (χ3v) is 3.02. The van der Waals surface area contributed by atoms with Gasteiger partial charge in [0.15, 0.2) is 0 Å². The van der Waals surface area contributed by atoms with Crippen molar-refractivity contribution in [3.63, 3.8) is 0 Å². The molecule has 0 fully saturated rings. The van der Waals surface area contributed by atoms with Gasteiger partial charge in [0, 0.05) is 5.41 Å². The molecule has 0 aliphatic rings. The van der Waals surface area contributed by atoms with E-state index in [1.807, 2.05) is 0 Å². The van der Waals surface area contributed by atoms with E-state index in [0.717, 1.165) is 0 Å². The van der Waals surface area contributed by atoms with Crippen LogP contribution in [0, 0.1) is 5.41 Å². The standard InChI is InChI=1S/C12H17N3O3S/c1-12(2,3)11(18)15-14-9(16)7-13-10(17)8-5-4-6-19-8/h4-6H,7H2,1-3H3,(H,13,17)(H,14,16)(H,15,18). The van der Waals surface area contributed by atoms with Gasteiger partial charge in [-0.2, -0.15) is 0 Å². The molecule has 0 spiro atoms. The van der Waals surface area contributed by atoms with E-state index in [0.29, 0.717) is 4.88 Å². The molecule has 19 heavy (non-hydrogen) atoms. The fourth-order valence-corrected chi connectivity index (χ4v) is 1.65. The summed E-state index contributed by atoms with van der Waals surface area (Å²) in [5, 5.41) is 4.23. The summed E-state index contributed by atoms with van der Waals surface area (Å²) in [6.45, 7) is 4.99. The van der Waals surface area contributed by atoms with E-state index >= 15 is 0 Å². The third kappa shape index (κ3) is 5.09. The zero-order chi connectivity index (χ0) is 14.5. The summed E-state index contributed by atoms with van der Waals surface area (Å²) in [4.78, 5) is 35.0. The summed E-state index contributed by atoms with van der Waals surface area (Å²) in [6, 6.07) is 3.42. The van der Waals surface area contributed by atoms with Crippen LogP contribution in [-0.4, -0.2) is 24.3 Å². The summed E-state index contributed by atoms with van der Waals surface area (Å²) in [7, 11) is 0. The lowest BCUT2D eigenvalue weighted by Gasteiger charge is -2.17. The highest BCUT2D eigenvalue weighted by Crippen LogP contribution is 2.11. The largest absolute Gasteiger partial charge is 0.342 e. The fraction of sp³-hybridized carbons (Fsp3) is 0.417. The molecule has 7 heteroatoms. The van der Waals surface area contributed by atoms with Gasteiger partial charge in [-0.3, -0.25) is 25.2 Å². The summed E-state index contributed by atoms with van der Waals surface area (Å²) >= 11 is 1.29. The van der Waals surface area contributed by atoms with Gasteiger partial charge in [0.05, 0.1) is 11.4 Å². The normalized spacial score (nSPS) is 10.7. The molecule has 0 unspecified atom stereocenters. The van der Waals surface area contributed by atoms with E-state index < -0.39 is 11.3 Å². The second kappa shape index (κ2) is 6.33. The second-order valence-electron chi connectivity index (χ2n) is 4.91. The summed E-state index contributed by atoms with van der Waals surface area (Å²) in [6.07, 6.45) is 0. The molecule has 0 saturated carbocycles. The van der Waals surface area contributed by atoms with Crippen LogP contribution in [0.3, 0.4) is 0 Å². The van der Waals surface area contributed by atoms with Crippen LogP contribution in [0.15, 0.2) is 17.5 Å². The molecule has 0 aliphatic carbocycles. The van der Waals surface area contributed by atoms with Gasteiger partial charge in [0.1, 0.15) is 0 Å². The molecule has 0 atom stereocenters. The van der Waals surface area contributed by atoms with Crippen LogP contribution in [0.1, 0.15) is 30.4 Å². The molecule has 0 saturated heterocycles. The molecule has 3 N–H and O–H groups in total. The maximum atomic E-state index is 11.5. The van der Waals surface area contributed by atoms with E-state index in [2.05, 4.69) is 16.2 Å². The van der Waals surface area contributed by atoms with Gasteiger partial charge < -0.3 is 5.32 Å². The smallest absolute Gasteiger partial charge is 0.261 e. The van der Waals surface area contributed by atoms with Crippen molar-refractivity contribution in [2.75, 3.05) is 6.54 Å². The first-order valence-electron chi connectivity index (χ1n) is 5.71. The molecule has 1 aromatic heterocycles. The number of carbonyl (C=O) groups excluding carboxylic acids is 3. The molecule has 1 rings (SSSR count). The highest BCUT2D eigenvalue weighted by Gasteiger charge is 2.21. The highest BCUT2D eigenvalue weighted by atomic mass is 32.1. The lowest BCUT2D eigenvalue weighted by atomic mass is 9.96. The Hall–Kier alpha value is -1.89. The summed E-state index contributed by atoms with van der Waals surface area (Å²) in [5.74, 6) is -1.10. The minimum atomic E-state index is -0.590. The number of hydrogen-bond donors (Lipinski definition) is 3. The van der Waals surface area contributed by atoms with Crippen molar-refractivity contribution in [3.8, 4) is 0 Å². The first-order valence-corrected chi connectivity index (χ1v) is 6.59. The first-order chi connectivity index (χ1) is 8.80. The van der Waals surface area contributed by atoms with E-state index in [1.54, 1.807) is 38.3 Å². The van der Waals surface area contributed by atoms with Crippen LogP contribution in [-0.2, 0) is 9.59 Å². The van der Waals surface area contributed by atoms with Crippen molar-refractivity contribution >= 4 is 29.1 Å². The van der Waals surface area contributed by atoms with Gasteiger partial charge in [-0.05, 0) is 11.4 Å². The van der Waals surface area contributed by atoms with E-state index in [1.165, 1.54) is 11.3 Å². The SMILES string of the molecule is CC(C)(C)C(=O)NNC(=O)CNC(=O)c1cccs1. The fourth-order valence-electron chi connectivity index (χ4n) is 1.01. The van der Waals surface area contributed by atoms with Crippen molar-refractivity contribution in [2.24, 2.45) is 5.41 Å². The zero-order valence-corrected chi connectivity index (χ0v) is 11.9. The van der Waals surface area contributed by atoms with E-state index in [-0.39, 0.29) is 18.4 Å². The molecular formula is C12H17N3O3S. The monoisotopic (exact) mass is 283 g/mol. The number of hydrogen-bond acceptors (Lipinski definition) is 4. The molecule has 1 heterocycles. The average Bonchev–Trinajstić information content (AvgIpc) is 2.85. The molecule has 6 nitrogen and oxygen atoms in total. The predicted molar refractivity (Wildman–Crippen MR) is 72.4 cm³/mol. The Morgan fingerprint density at radius 2 is 1.89 bits per heavy atom. The lowest BCUT2D eigenvalue weighted by Crippen LogP contribution is -2.49. The predicted octanol–water partition coefficient (Wildman–Crippen LogP) is 0.671. The van der Waals surface area contributed by atoms with Gasteiger partial charge in [-0.1, -0.05) is 26.8 Å². The van der Waals surface area contributed by atoms with Crippen LogP contribution in [0.5, 0.6) is 0 Å². The molecule has 0 aromatic carbocycles. The number of nitrogens with one attached hydrogen (secondary N) is 3. The Morgan fingerprint density at radius 1 is 1.21 bits per heavy atom. The third-order valence-electron chi connectivity index (χ3n) is 2.15. The first kappa shape index (κ1) is 15.2. The topological polar surface area (TPSA) is 87.3 Å². The van der Waals surface area contributed by atoms with Gasteiger partial charge >= 0.3 is 0 Å². The van der Waals surface area contributed by atoms with Crippen LogP contribution >= 0.6 is 11.3 Å². The van der Waals surface area contributed by atoms with Crippen molar-refractivity contribution in [1.29, 1.82) is 0 Å². The quantitative estimate of drug-likeness (QED) is 0.713. The highest BCUT2D eigenvalue weighted by molar-refractivity contribution is 7.12. The number of rotatable bonds is 3. The maximum Gasteiger partial charge on any atom is 0.261 e. The van der Waals surface area contributed by atoms with Crippen molar-refractivity contribution in [1.82, 2.24) is 16.2 Å². The van der Waals surface area contributed by atoms with Gasteiger partial charge in [-0.15, -0.1) is 11.3 Å². The van der Waals surface area contributed by atoms with Crippen LogP contribution in [0.4, 0.5) is 0 Å². The molecule has 0 radical (unpaired) electrons. The average molecular weight is 283 g/mol. The molecule has 0 bridgehead atoms. The molecule has 3 amide bonds. The van der Waals surface area contributed by atoms with Crippen LogP contribution in [0.25, 0.3) is 0 Å². The number of thiophene rings is 1. The van der Waals surface area contributed by atoms with Gasteiger partial charge in [0.25, 0.3) is 11.8 Å². The summed E-state index contributed by atoms with van der Waals surface area (Å²) in [5.41, 5.74) is 3.94. The Balaban J connectivity index is 2.29. The second-order valence-corrected chi connectivity index (χ2v) is 5.86. The van der Waals surface area contributed by atoms with Crippen LogP contribution in [0.2, 0.25) is 0 Å². The molecular weight excluding hydrogens is 266 g/mol. The molecule has 104 valence electrons. The van der Waals surface area contributed by atoms with Crippen molar-refractivity contribution < 1.29 is 14.4 Å². The number of hydrazine groups is 1. The maximum absolute atomic E-state index is 11.5. The summed E-state index contributed by atoms with van der Waals surface area (Å²) < 4.78 is 0. The minimum Gasteiger partial charge on any atom is -0.342 e. The zero-order valence-electron chi connectivity index (χ0n) is 11.1. The number of amides is 3. The van der Waals surface area contributed by atoms with E-state index in [9.17, 15) is 14.4 Å². The van der Waals surface area contributed by atoms with Crippen molar-refractivity contribution in [3.05, 3.63) is 22.4 Å². The van der Waals surface area contributed by atoms with Crippen molar-refractivity contribution in [2.45, 2.75) is 20.8 Å². The Bertz CT molecular complexity index is 463. The minimum absolute atomic E-state index is 0.193.